The minimum absolute atomic E-state index is 0. The largest absolute Gasteiger partial charge is 0.344 e. The average molecular weight is 261 g/mol. The molecule has 5 nitrogen and oxygen atoms in total. The fraction of sp³-hybridized carbons (Fsp3) is 0.429. The van der Waals surface area contributed by atoms with E-state index >= 15 is 0 Å². The molecule has 1 rings (SSSR count). The lowest BCUT2D eigenvalue weighted by molar-refractivity contribution is 0.485. The number of aliphatic imine (C=N–C) groups is 2. The summed E-state index contributed by atoms with van der Waals surface area (Å²) in [6, 6.07) is 7.47. The standard InChI is InChI=1S/C14H16N2O2.H3N/c1-13(2,15-9-17)11-7-5-6-8-12(11)14(3,4)16-10-18;/h5-8H,1-4H3;1H3. The van der Waals surface area contributed by atoms with Gasteiger partial charge in [-0.15, -0.1) is 0 Å². The molecule has 0 amide bonds. The van der Waals surface area contributed by atoms with E-state index < -0.39 is 11.1 Å². The number of hydrogen-bond donors (Lipinski definition) is 1. The van der Waals surface area contributed by atoms with Crippen LogP contribution in [0.15, 0.2) is 34.3 Å². The van der Waals surface area contributed by atoms with Crippen LogP contribution in [0, 0.1) is 0 Å². The van der Waals surface area contributed by atoms with Gasteiger partial charge in [-0.05, 0) is 38.8 Å². The first-order valence-corrected chi connectivity index (χ1v) is 5.63. The predicted octanol–water partition coefficient (Wildman–Crippen LogP) is 2.99. The first-order chi connectivity index (χ1) is 8.35. The maximum absolute atomic E-state index is 10.5. The second-order valence-corrected chi connectivity index (χ2v) is 5.07. The zero-order valence-electron chi connectivity index (χ0n) is 11.7. The first kappa shape index (κ1) is 16.9. The minimum atomic E-state index is -0.700. The van der Waals surface area contributed by atoms with Gasteiger partial charge < -0.3 is 6.15 Å². The monoisotopic (exact) mass is 261 g/mol. The second-order valence-electron chi connectivity index (χ2n) is 5.07. The van der Waals surface area contributed by atoms with Gasteiger partial charge in [-0.2, -0.15) is 9.98 Å². The fourth-order valence-electron chi connectivity index (χ4n) is 1.90. The molecule has 0 aliphatic carbocycles. The molecule has 19 heavy (non-hydrogen) atoms. The predicted molar refractivity (Wildman–Crippen MR) is 73.8 cm³/mol. The van der Waals surface area contributed by atoms with Gasteiger partial charge in [0.1, 0.15) is 0 Å². The lowest BCUT2D eigenvalue weighted by Gasteiger charge is -2.28. The Morgan fingerprint density at radius 1 is 0.842 bits per heavy atom. The first-order valence-electron chi connectivity index (χ1n) is 5.63. The molecule has 0 radical (unpaired) electrons. The van der Waals surface area contributed by atoms with Crippen molar-refractivity contribution in [1.82, 2.24) is 6.15 Å². The summed E-state index contributed by atoms with van der Waals surface area (Å²) in [4.78, 5) is 28.6. The molecule has 0 unspecified atom stereocenters. The van der Waals surface area contributed by atoms with Crippen molar-refractivity contribution in [3.8, 4) is 0 Å². The van der Waals surface area contributed by atoms with Crippen molar-refractivity contribution in [2.24, 2.45) is 9.98 Å². The molecule has 102 valence electrons. The van der Waals surface area contributed by atoms with Crippen LogP contribution in [-0.4, -0.2) is 12.2 Å². The van der Waals surface area contributed by atoms with E-state index in [0.717, 1.165) is 11.1 Å². The van der Waals surface area contributed by atoms with Gasteiger partial charge in [0.25, 0.3) is 0 Å². The number of rotatable bonds is 4. The Morgan fingerprint density at radius 2 is 1.16 bits per heavy atom. The van der Waals surface area contributed by atoms with E-state index in [4.69, 9.17) is 0 Å². The molecule has 0 bridgehead atoms. The van der Waals surface area contributed by atoms with Crippen molar-refractivity contribution in [3.63, 3.8) is 0 Å². The third kappa shape index (κ3) is 3.70. The Bertz CT molecular complexity index is 488. The van der Waals surface area contributed by atoms with E-state index in [1.54, 1.807) is 12.2 Å². The fourth-order valence-corrected chi connectivity index (χ4v) is 1.90. The van der Waals surface area contributed by atoms with E-state index in [1.807, 2.05) is 52.0 Å². The van der Waals surface area contributed by atoms with E-state index in [-0.39, 0.29) is 6.15 Å². The highest BCUT2D eigenvalue weighted by atomic mass is 16.1. The van der Waals surface area contributed by atoms with Gasteiger partial charge in [0, 0.05) is 0 Å². The van der Waals surface area contributed by atoms with E-state index in [9.17, 15) is 9.59 Å². The number of isocyanates is 2. The van der Waals surface area contributed by atoms with E-state index in [2.05, 4.69) is 9.98 Å². The van der Waals surface area contributed by atoms with Crippen LogP contribution in [0.3, 0.4) is 0 Å². The summed E-state index contributed by atoms with van der Waals surface area (Å²) in [6.07, 6.45) is 3.17. The maximum atomic E-state index is 10.5. The van der Waals surface area contributed by atoms with Crippen LogP contribution in [0.4, 0.5) is 0 Å². The average Bonchev–Trinajstić information content (AvgIpc) is 2.29. The van der Waals surface area contributed by atoms with E-state index in [1.165, 1.54) is 0 Å². The zero-order valence-corrected chi connectivity index (χ0v) is 11.7. The van der Waals surface area contributed by atoms with Crippen LogP contribution >= 0.6 is 0 Å². The summed E-state index contributed by atoms with van der Waals surface area (Å²) in [6.45, 7) is 7.27. The molecule has 1 aromatic rings. The van der Waals surface area contributed by atoms with Gasteiger partial charge in [0.05, 0.1) is 11.1 Å². The summed E-state index contributed by atoms with van der Waals surface area (Å²) in [7, 11) is 0. The molecule has 0 fully saturated rings. The van der Waals surface area contributed by atoms with Crippen LogP contribution in [0.25, 0.3) is 0 Å². The summed E-state index contributed by atoms with van der Waals surface area (Å²) in [5, 5.41) is 0. The van der Waals surface area contributed by atoms with Crippen molar-refractivity contribution >= 4 is 12.2 Å². The van der Waals surface area contributed by atoms with Gasteiger partial charge in [-0.3, -0.25) is 0 Å². The summed E-state index contributed by atoms with van der Waals surface area (Å²) < 4.78 is 0. The van der Waals surface area contributed by atoms with Crippen LogP contribution in [0.2, 0.25) is 0 Å². The van der Waals surface area contributed by atoms with Crippen LogP contribution in [-0.2, 0) is 20.7 Å². The molecule has 0 aliphatic heterocycles. The summed E-state index contributed by atoms with van der Waals surface area (Å²) in [5.41, 5.74) is 0.289. The van der Waals surface area contributed by atoms with Crippen LogP contribution in [0.1, 0.15) is 38.8 Å². The number of carbonyl (C=O) groups excluding carboxylic acids is 2. The van der Waals surface area contributed by atoms with Crippen molar-refractivity contribution in [2.45, 2.75) is 38.8 Å². The summed E-state index contributed by atoms with van der Waals surface area (Å²) >= 11 is 0. The topological polar surface area (TPSA) is 93.9 Å². The Kier molecular flexibility index (Phi) is 5.53. The Labute approximate surface area is 113 Å². The van der Waals surface area contributed by atoms with Crippen molar-refractivity contribution in [3.05, 3.63) is 35.4 Å². The molecule has 0 aliphatic rings. The van der Waals surface area contributed by atoms with Gasteiger partial charge in [0.2, 0.25) is 12.2 Å². The van der Waals surface area contributed by atoms with Gasteiger partial charge in [-0.1, -0.05) is 24.3 Å². The molecule has 0 saturated carbocycles. The lowest BCUT2D eigenvalue weighted by atomic mass is 9.82. The van der Waals surface area contributed by atoms with Crippen molar-refractivity contribution in [2.75, 3.05) is 0 Å². The minimum Gasteiger partial charge on any atom is -0.344 e. The van der Waals surface area contributed by atoms with Crippen molar-refractivity contribution in [1.29, 1.82) is 0 Å². The highest BCUT2D eigenvalue weighted by Gasteiger charge is 2.30. The SMILES string of the molecule is CC(C)(N=C=O)c1ccccc1C(C)(C)N=C=O.N. The molecule has 0 atom stereocenters. The molecule has 0 spiro atoms. The molecule has 3 N–H and O–H groups in total. The number of benzene rings is 1. The normalized spacial score (nSPS) is 10.7. The Balaban J connectivity index is 0.00000324. The molecule has 0 aromatic heterocycles. The molecule has 5 heteroatoms. The number of hydrogen-bond acceptors (Lipinski definition) is 5. The Hall–Kier alpha value is -2.06. The van der Waals surface area contributed by atoms with E-state index in [0.29, 0.717) is 0 Å². The highest BCUT2D eigenvalue weighted by Crippen LogP contribution is 2.35. The third-order valence-electron chi connectivity index (χ3n) is 2.90. The van der Waals surface area contributed by atoms with Gasteiger partial charge in [0.15, 0.2) is 0 Å². The number of nitrogens with zero attached hydrogens (tertiary/aromatic N) is 2. The summed E-state index contributed by atoms with van der Waals surface area (Å²) in [5.74, 6) is 0. The highest BCUT2D eigenvalue weighted by molar-refractivity contribution is 5.44. The van der Waals surface area contributed by atoms with Crippen LogP contribution < -0.4 is 6.15 Å². The Morgan fingerprint density at radius 3 is 1.42 bits per heavy atom. The smallest absolute Gasteiger partial charge is 0.235 e. The molecule has 0 heterocycles. The second kappa shape index (κ2) is 6.21. The quantitative estimate of drug-likeness (QED) is 0.666. The molecular weight excluding hydrogens is 242 g/mol. The zero-order chi connectivity index (χ0) is 13.8. The third-order valence-corrected chi connectivity index (χ3v) is 2.90. The van der Waals surface area contributed by atoms with Gasteiger partial charge >= 0.3 is 0 Å². The molecular formula is C14H19N3O2. The lowest BCUT2D eigenvalue weighted by Crippen LogP contribution is -2.23. The maximum Gasteiger partial charge on any atom is 0.235 e. The molecule has 1 aromatic carbocycles. The van der Waals surface area contributed by atoms with Crippen LogP contribution in [0.5, 0.6) is 0 Å². The molecule has 0 saturated heterocycles. The van der Waals surface area contributed by atoms with Gasteiger partial charge in [-0.25, -0.2) is 9.59 Å². The van der Waals surface area contributed by atoms with Crippen molar-refractivity contribution < 1.29 is 9.59 Å².